The molecule has 0 aromatic carbocycles. The minimum absolute atomic E-state index is 0.0336. The molecule has 0 aromatic rings. The van der Waals surface area contributed by atoms with E-state index in [1.807, 2.05) is 0 Å². The lowest BCUT2D eigenvalue weighted by Gasteiger charge is -2.17. The van der Waals surface area contributed by atoms with E-state index >= 15 is 0 Å². The Hall–Kier alpha value is -1.65. The van der Waals surface area contributed by atoms with E-state index in [9.17, 15) is 14.9 Å². The first-order valence-electron chi connectivity index (χ1n) is 3.38. The van der Waals surface area contributed by atoms with Crippen molar-refractivity contribution in [3.63, 3.8) is 0 Å². The molecule has 5 heteroatoms. The zero-order valence-corrected chi connectivity index (χ0v) is 6.27. The van der Waals surface area contributed by atoms with Gasteiger partial charge in [0.05, 0.1) is 0 Å². The van der Waals surface area contributed by atoms with Gasteiger partial charge in [0.15, 0.2) is 0 Å². The van der Waals surface area contributed by atoms with E-state index in [0.717, 1.165) is 0 Å². The van der Waals surface area contributed by atoms with Gasteiger partial charge in [0.1, 0.15) is 0 Å². The van der Waals surface area contributed by atoms with Crippen LogP contribution < -0.4 is 5.73 Å². The summed E-state index contributed by atoms with van der Waals surface area (Å²) in [5.41, 5.74) is 3.21. The molecule has 0 heterocycles. The van der Waals surface area contributed by atoms with E-state index in [0.29, 0.717) is 0 Å². The highest BCUT2D eigenvalue weighted by Gasteiger charge is 2.46. The van der Waals surface area contributed by atoms with Crippen LogP contribution in [0.1, 0.15) is 6.42 Å². The van der Waals surface area contributed by atoms with Gasteiger partial charge in [0, 0.05) is 17.4 Å². The number of primary amides is 1. The molecular formula is C7H8N2O3. The highest BCUT2D eigenvalue weighted by molar-refractivity contribution is 5.86. The van der Waals surface area contributed by atoms with Gasteiger partial charge in [-0.2, -0.15) is 0 Å². The predicted octanol–water partition coefficient (Wildman–Crippen LogP) is 0.00330. The lowest BCUT2D eigenvalue weighted by atomic mass is 9.91. The molecular weight excluding hydrogens is 160 g/mol. The van der Waals surface area contributed by atoms with Gasteiger partial charge >= 0.3 is 5.54 Å². The predicted molar refractivity (Wildman–Crippen MR) is 41.8 cm³/mol. The van der Waals surface area contributed by atoms with Crippen LogP contribution in [0.15, 0.2) is 24.3 Å². The number of carbonyl (C=O) groups excluding carboxylic acids is 1. The van der Waals surface area contributed by atoms with Crippen LogP contribution in [0, 0.1) is 10.1 Å². The van der Waals surface area contributed by atoms with Gasteiger partial charge in [0.25, 0.3) is 5.91 Å². The van der Waals surface area contributed by atoms with E-state index in [4.69, 9.17) is 5.73 Å². The minimum atomic E-state index is -1.73. The van der Waals surface area contributed by atoms with Crippen molar-refractivity contribution in [1.82, 2.24) is 0 Å². The number of rotatable bonds is 2. The summed E-state index contributed by atoms with van der Waals surface area (Å²) in [6.07, 6.45) is 5.90. The number of nitrogens with two attached hydrogens (primary N) is 1. The molecule has 0 fully saturated rings. The van der Waals surface area contributed by atoms with Crippen LogP contribution in [0.25, 0.3) is 0 Å². The van der Waals surface area contributed by atoms with E-state index in [1.165, 1.54) is 12.2 Å². The molecule has 2 N–H and O–H groups in total. The number of nitrogens with zero attached hydrogens (tertiary/aromatic N) is 1. The first-order valence-corrected chi connectivity index (χ1v) is 3.38. The summed E-state index contributed by atoms with van der Waals surface area (Å²) in [7, 11) is 0. The van der Waals surface area contributed by atoms with Crippen molar-refractivity contribution in [2.45, 2.75) is 12.0 Å². The molecule has 0 bridgehead atoms. The first kappa shape index (κ1) is 8.45. The zero-order chi connectivity index (χ0) is 9.19. The smallest absolute Gasteiger partial charge is 0.320 e. The van der Waals surface area contributed by atoms with Crippen molar-refractivity contribution < 1.29 is 9.72 Å². The molecule has 0 radical (unpaired) electrons. The Labute approximate surface area is 68.7 Å². The van der Waals surface area contributed by atoms with Crippen molar-refractivity contribution in [3.05, 3.63) is 34.4 Å². The number of hydrogen-bond acceptors (Lipinski definition) is 3. The molecule has 0 aromatic heterocycles. The minimum Gasteiger partial charge on any atom is -0.363 e. The Balaban J connectivity index is 3.04. The van der Waals surface area contributed by atoms with Gasteiger partial charge in [-0.15, -0.1) is 0 Å². The van der Waals surface area contributed by atoms with Crippen molar-refractivity contribution in [2.75, 3.05) is 0 Å². The van der Waals surface area contributed by atoms with Crippen LogP contribution >= 0.6 is 0 Å². The average Bonchev–Trinajstić information content (AvgIpc) is 2.05. The Morgan fingerprint density at radius 1 is 1.58 bits per heavy atom. The molecule has 0 aliphatic heterocycles. The second kappa shape index (κ2) is 2.77. The van der Waals surface area contributed by atoms with Crippen LogP contribution in [0.2, 0.25) is 0 Å². The number of hydrogen-bond donors (Lipinski definition) is 1. The molecule has 0 saturated carbocycles. The Morgan fingerprint density at radius 2 is 2.25 bits per heavy atom. The van der Waals surface area contributed by atoms with Crippen LogP contribution in [0.3, 0.4) is 0 Å². The lowest BCUT2D eigenvalue weighted by molar-refractivity contribution is -0.537. The molecule has 1 unspecified atom stereocenters. The Morgan fingerprint density at radius 3 is 2.50 bits per heavy atom. The summed E-state index contributed by atoms with van der Waals surface area (Å²) in [6.45, 7) is 0. The molecule has 1 aliphatic carbocycles. The highest BCUT2D eigenvalue weighted by atomic mass is 16.6. The molecule has 0 spiro atoms. The molecule has 1 aliphatic rings. The summed E-state index contributed by atoms with van der Waals surface area (Å²) in [5, 5.41) is 10.5. The van der Waals surface area contributed by atoms with Gasteiger partial charge in [0.2, 0.25) is 0 Å². The third-order valence-corrected chi connectivity index (χ3v) is 1.80. The van der Waals surface area contributed by atoms with Crippen molar-refractivity contribution in [1.29, 1.82) is 0 Å². The second-order valence-electron chi connectivity index (χ2n) is 2.54. The molecule has 64 valence electrons. The first-order chi connectivity index (χ1) is 5.59. The Kier molecular flexibility index (Phi) is 1.95. The standard InChI is InChI=1S/C7H8N2O3/c8-6(10)7(9(11)12)4-2-1-3-5-7/h1-4H,5H2,(H2,8,10). The quantitative estimate of drug-likeness (QED) is 0.465. The fraction of sp³-hybridized carbons (Fsp3) is 0.286. The summed E-state index contributed by atoms with van der Waals surface area (Å²) in [4.78, 5) is 20.7. The molecule has 1 amide bonds. The van der Waals surface area contributed by atoms with Gasteiger partial charge in [-0.1, -0.05) is 18.2 Å². The van der Waals surface area contributed by atoms with Crippen LogP contribution in [-0.2, 0) is 4.79 Å². The third kappa shape index (κ3) is 1.09. The fourth-order valence-electron chi connectivity index (χ4n) is 1.02. The average molecular weight is 168 g/mol. The molecule has 5 nitrogen and oxygen atoms in total. The lowest BCUT2D eigenvalue weighted by Crippen LogP contribution is -2.49. The maximum atomic E-state index is 10.8. The summed E-state index contributed by atoms with van der Waals surface area (Å²) < 4.78 is 0. The maximum Gasteiger partial charge on any atom is 0.320 e. The monoisotopic (exact) mass is 168 g/mol. The van der Waals surface area contributed by atoms with Gasteiger partial charge < -0.3 is 5.73 Å². The number of allylic oxidation sites excluding steroid dienone is 2. The van der Waals surface area contributed by atoms with Gasteiger partial charge in [-0.05, 0) is 0 Å². The topological polar surface area (TPSA) is 86.2 Å². The van der Waals surface area contributed by atoms with Crippen LogP contribution in [-0.4, -0.2) is 16.4 Å². The maximum absolute atomic E-state index is 10.8. The van der Waals surface area contributed by atoms with Crippen molar-refractivity contribution in [2.24, 2.45) is 5.73 Å². The van der Waals surface area contributed by atoms with Gasteiger partial charge in [-0.25, -0.2) is 0 Å². The number of carbonyl (C=O) groups is 1. The van der Waals surface area contributed by atoms with Crippen LogP contribution in [0.5, 0.6) is 0 Å². The third-order valence-electron chi connectivity index (χ3n) is 1.80. The largest absolute Gasteiger partial charge is 0.363 e. The van der Waals surface area contributed by atoms with Crippen molar-refractivity contribution >= 4 is 5.91 Å². The van der Waals surface area contributed by atoms with Crippen molar-refractivity contribution in [3.8, 4) is 0 Å². The summed E-state index contributed by atoms with van der Waals surface area (Å²) >= 11 is 0. The van der Waals surface area contributed by atoms with E-state index in [-0.39, 0.29) is 6.42 Å². The SMILES string of the molecule is NC(=O)C1([N+](=O)[O-])C=CC=CC1. The summed E-state index contributed by atoms with van der Waals surface area (Å²) in [5.74, 6) is -0.923. The highest BCUT2D eigenvalue weighted by Crippen LogP contribution is 2.20. The fourth-order valence-corrected chi connectivity index (χ4v) is 1.02. The molecule has 1 rings (SSSR count). The van der Waals surface area contributed by atoms with Gasteiger partial charge in [-0.3, -0.25) is 14.9 Å². The second-order valence-corrected chi connectivity index (χ2v) is 2.54. The van der Waals surface area contributed by atoms with E-state index in [1.54, 1.807) is 12.2 Å². The molecule has 12 heavy (non-hydrogen) atoms. The zero-order valence-electron chi connectivity index (χ0n) is 6.27. The normalized spacial score (nSPS) is 27.0. The summed E-state index contributed by atoms with van der Waals surface area (Å²) in [6, 6.07) is 0. The van der Waals surface area contributed by atoms with E-state index in [2.05, 4.69) is 0 Å². The Bertz CT molecular complexity index is 266. The number of nitro groups is 1. The number of amides is 1. The molecule has 1 atom stereocenters. The van der Waals surface area contributed by atoms with E-state index < -0.39 is 16.4 Å². The molecule has 0 saturated heterocycles. The van der Waals surface area contributed by atoms with Crippen LogP contribution in [0.4, 0.5) is 0 Å².